The highest BCUT2D eigenvalue weighted by atomic mass is 14.9. The van der Waals surface area contributed by atoms with E-state index in [2.05, 4.69) is 67.5 Å². The van der Waals surface area contributed by atoms with Gasteiger partial charge in [-0.15, -0.1) is 0 Å². The van der Waals surface area contributed by atoms with Gasteiger partial charge in [0.05, 0.1) is 0 Å². The van der Waals surface area contributed by atoms with Crippen LogP contribution in [0, 0.1) is 20.8 Å². The Bertz CT molecular complexity index is 573. The van der Waals surface area contributed by atoms with Gasteiger partial charge in [-0.2, -0.15) is 0 Å². The number of pyridine rings is 1. The molecule has 2 heteroatoms. The minimum absolute atomic E-state index is 0.334. The molecule has 0 bridgehead atoms. The Morgan fingerprint density at radius 1 is 1.00 bits per heavy atom. The number of nitrogens with one attached hydrogen (secondary N) is 1. The zero-order valence-corrected chi connectivity index (χ0v) is 13.6. The van der Waals surface area contributed by atoms with Crippen LogP contribution in [0.3, 0.4) is 0 Å². The van der Waals surface area contributed by atoms with E-state index in [0.717, 1.165) is 30.8 Å². The molecule has 0 amide bonds. The second-order valence-electron chi connectivity index (χ2n) is 5.82. The van der Waals surface area contributed by atoms with Crippen LogP contribution < -0.4 is 5.32 Å². The van der Waals surface area contributed by atoms with E-state index < -0.39 is 0 Å². The molecular weight excluding hydrogens is 256 g/mol. The average Bonchev–Trinajstić information content (AvgIpc) is 2.46. The zero-order valence-electron chi connectivity index (χ0n) is 13.6. The number of aromatic nitrogens is 1. The minimum Gasteiger partial charge on any atom is -0.310 e. The lowest BCUT2D eigenvalue weighted by Crippen LogP contribution is -2.25. The van der Waals surface area contributed by atoms with Gasteiger partial charge in [-0.1, -0.05) is 42.8 Å². The highest BCUT2D eigenvalue weighted by Crippen LogP contribution is 2.21. The first-order chi connectivity index (χ1) is 10.1. The number of hydrogen-bond donors (Lipinski definition) is 1. The smallest absolute Gasteiger partial charge is 0.0423 e. The number of benzene rings is 1. The standard InChI is InChI=1S/C19H26N2/c1-5-12-20-19(13-17-9-6-14(2)7-10-17)18-11-8-15(3)21-16(18)4/h6-11,19-20H,5,12-13H2,1-4H3. The molecule has 1 atom stereocenters. The highest BCUT2D eigenvalue weighted by molar-refractivity contribution is 5.29. The zero-order chi connectivity index (χ0) is 15.2. The van der Waals surface area contributed by atoms with Gasteiger partial charge in [-0.3, -0.25) is 4.98 Å². The van der Waals surface area contributed by atoms with Gasteiger partial charge >= 0.3 is 0 Å². The van der Waals surface area contributed by atoms with Crippen LogP contribution in [0.1, 0.15) is 47.5 Å². The van der Waals surface area contributed by atoms with Crippen molar-refractivity contribution in [1.82, 2.24) is 10.3 Å². The van der Waals surface area contributed by atoms with Crippen LogP contribution >= 0.6 is 0 Å². The molecule has 1 N–H and O–H groups in total. The molecule has 0 aliphatic heterocycles. The summed E-state index contributed by atoms with van der Waals surface area (Å²) < 4.78 is 0. The SMILES string of the molecule is CCCNC(Cc1ccc(C)cc1)c1ccc(C)nc1C. The lowest BCUT2D eigenvalue weighted by atomic mass is 9.97. The Morgan fingerprint density at radius 3 is 2.33 bits per heavy atom. The molecule has 0 saturated heterocycles. The van der Waals surface area contributed by atoms with Crippen molar-refractivity contribution in [2.45, 2.75) is 46.6 Å². The molecule has 1 heterocycles. The molecule has 0 fully saturated rings. The van der Waals surface area contributed by atoms with Crippen LogP contribution in [-0.4, -0.2) is 11.5 Å². The lowest BCUT2D eigenvalue weighted by Gasteiger charge is -2.21. The van der Waals surface area contributed by atoms with Crippen LogP contribution in [0.25, 0.3) is 0 Å². The fraction of sp³-hybridized carbons (Fsp3) is 0.421. The molecule has 2 rings (SSSR count). The summed E-state index contributed by atoms with van der Waals surface area (Å²) in [6.45, 7) is 9.52. The van der Waals surface area contributed by atoms with Gasteiger partial charge in [0.25, 0.3) is 0 Å². The first-order valence-corrected chi connectivity index (χ1v) is 7.83. The number of rotatable bonds is 6. The molecule has 0 radical (unpaired) electrons. The molecule has 2 nitrogen and oxygen atoms in total. The Hall–Kier alpha value is -1.67. The molecular formula is C19H26N2. The van der Waals surface area contributed by atoms with Gasteiger partial charge in [0.15, 0.2) is 0 Å². The number of hydrogen-bond acceptors (Lipinski definition) is 2. The fourth-order valence-corrected chi connectivity index (χ4v) is 2.64. The summed E-state index contributed by atoms with van der Waals surface area (Å²) in [6, 6.07) is 13.5. The van der Waals surface area contributed by atoms with E-state index in [4.69, 9.17) is 0 Å². The summed E-state index contributed by atoms with van der Waals surface area (Å²) in [5, 5.41) is 3.67. The van der Waals surface area contributed by atoms with Crippen molar-refractivity contribution in [2.24, 2.45) is 0 Å². The highest BCUT2D eigenvalue weighted by Gasteiger charge is 2.14. The predicted molar refractivity (Wildman–Crippen MR) is 89.6 cm³/mol. The summed E-state index contributed by atoms with van der Waals surface area (Å²) in [5.41, 5.74) is 6.21. The molecule has 0 saturated carbocycles. The van der Waals surface area contributed by atoms with Crippen molar-refractivity contribution in [1.29, 1.82) is 0 Å². The maximum atomic E-state index is 4.62. The van der Waals surface area contributed by atoms with Crippen molar-refractivity contribution in [3.8, 4) is 0 Å². The van der Waals surface area contributed by atoms with Gasteiger partial charge in [0.1, 0.15) is 0 Å². The third kappa shape index (κ3) is 4.40. The Labute approximate surface area is 128 Å². The Kier molecular flexibility index (Phi) is 5.51. The molecule has 0 spiro atoms. The summed E-state index contributed by atoms with van der Waals surface area (Å²) >= 11 is 0. The second-order valence-corrected chi connectivity index (χ2v) is 5.82. The molecule has 21 heavy (non-hydrogen) atoms. The monoisotopic (exact) mass is 282 g/mol. The summed E-state index contributed by atoms with van der Waals surface area (Å²) in [5.74, 6) is 0. The molecule has 1 aromatic carbocycles. The van der Waals surface area contributed by atoms with E-state index in [1.807, 2.05) is 6.92 Å². The quantitative estimate of drug-likeness (QED) is 0.855. The fourth-order valence-electron chi connectivity index (χ4n) is 2.64. The third-order valence-electron chi connectivity index (χ3n) is 3.84. The summed E-state index contributed by atoms with van der Waals surface area (Å²) in [6.07, 6.45) is 2.15. The van der Waals surface area contributed by atoms with E-state index in [1.54, 1.807) is 0 Å². The normalized spacial score (nSPS) is 12.4. The second kappa shape index (κ2) is 7.37. The number of aryl methyl sites for hydroxylation is 3. The van der Waals surface area contributed by atoms with Crippen LogP contribution in [0.2, 0.25) is 0 Å². The molecule has 1 unspecified atom stereocenters. The van der Waals surface area contributed by atoms with Crippen molar-refractivity contribution in [3.05, 3.63) is 64.5 Å². The third-order valence-corrected chi connectivity index (χ3v) is 3.84. The van der Waals surface area contributed by atoms with Crippen LogP contribution in [0.15, 0.2) is 36.4 Å². The van der Waals surface area contributed by atoms with Gasteiger partial charge in [-0.05, 0) is 57.4 Å². The molecule has 1 aromatic heterocycles. The van der Waals surface area contributed by atoms with E-state index in [-0.39, 0.29) is 0 Å². The summed E-state index contributed by atoms with van der Waals surface area (Å²) in [4.78, 5) is 4.62. The number of nitrogens with zero attached hydrogens (tertiary/aromatic N) is 1. The first-order valence-electron chi connectivity index (χ1n) is 7.83. The largest absolute Gasteiger partial charge is 0.310 e. The van der Waals surface area contributed by atoms with Crippen LogP contribution in [0.4, 0.5) is 0 Å². The molecule has 112 valence electrons. The maximum absolute atomic E-state index is 4.62. The topological polar surface area (TPSA) is 24.9 Å². The molecule has 2 aromatic rings. The van der Waals surface area contributed by atoms with Gasteiger partial charge in [0.2, 0.25) is 0 Å². The Balaban J connectivity index is 2.22. The predicted octanol–water partition coefficient (Wildman–Crippen LogP) is 4.29. The average molecular weight is 282 g/mol. The van der Waals surface area contributed by atoms with Crippen molar-refractivity contribution in [2.75, 3.05) is 6.54 Å². The van der Waals surface area contributed by atoms with E-state index in [1.165, 1.54) is 16.7 Å². The Morgan fingerprint density at radius 2 is 1.71 bits per heavy atom. The minimum atomic E-state index is 0.334. The van der Waals surface area contributed by atoms with E-state index in [9.17, 15) is 0 Å². The van der Waals surface area contributed by atoms with E-state index in [0.29, 0.717) is 6.04 Å². The molecule has 0 aliphatic rings. The van der Waals surface area contributed by atoms with E-state index >= 15 is 0 Å². The summed E-state index contributed by atoms with van der Waals surface area (Å²) in [7, 11) is 0. The van der Waals surface area contributed by atoms with Gasteiger partial charge < -0.3 is 5.32 Å². The van der Waals surface area contributed by atoms with Gasteiger partial charge in [0, 0.05) is 17.4 Å². The molecule has 0 aliphatic carbocycles. The van der Waals surface area contributed by atoms with Crippen LogP contribution in [0.5, 0.6) is 0 Å². The maximum Gasteiger partial charge on any atom is 0.0423 e. The van der Waals surface area contributed by atoms with Crippen molar-refractivity contribution in [3.63, 3.8) is 0 Å². The van der Waals surface area contributed by atoms with Crippen molar-refractivity contribution >= 4 is 0 Å². The van der Waals surface area contributed by atoms with Crippen LogP contribution in [-0.2, 0) is 6.42 Å². The first kappa shape index (κ1) is 15.7. The lowest BCUT2D eigenvalue weighted by molar-refractivity contribution is 0.525. The van der Waals surface area contributed by atoms with Crippen molar-refractivity contribution < 1.29 is 0 Å². The van der Waals surface area contributed by atoms with Gasteiger partial charge in [-0.25, -0.2) is 0 Å².